The Morgan fingerprint density at radius 2 is 2.07 bits per heavy atom. The first kappa shape index (κ1) is 11.1. The van der Waals surface area contributed by atoms with Gasteiger partial charge in [0.2, 0.25) is 5.91 Å². The predicted molar refractivity (Wildman–Crippen MR) is 59.1 cm³/mol. The second-order valence-corrected chi connectivity index (χ2v) is 3.86. The van der Waals surface area contributed by atoms with Gasteiger partial charge in [-0.2, -0.15) is 0 Å². The molecular formula is C10H14N2OS. The monoisotopic (exact) mass is 210 g/mol. The standard InChI is InChI=1S/C10H14N2OS/c1-12-10(13)7-14-9-4-2-8(6-11)3-5-9/h2-5H,6-7,11H2,1H3,(H,12,13). The van der Waals surface area contributed by atoms with Crippen LogP contribution in [0.15, 0.2) is 29.2 Å². The molecule has 0 aliphatic heterocycles. The fourth-order valence-electron chi connectivity index (χ4n) is 0.943. The van der Waals surface area contributed by atoms with Crippen molar-refractivity contribution in [3.8, 4) is 0 Å². The summed E-state index contributed by atoms with van der Waals surface area (Å²) in [4.78, 5) is 12.0. The van der Waals surface area contributed by atoms with Crippen LogP contribution in [0.4, 0.5) is 0 Å². The molecule has 0 spiro atoms. The second kappa shape index (κ2) is 5.67. The van der Waals surface area contributed by atoms with Crippen LogP contribution in [0.25, 0.3) is 0 Å². The van der Waals surface area contributed by atoms with E-state index in [4.69, 9.17) is 5.73 Å². The van der Waals surface area contributed by atoms with Gasteiger partial charge in [0.1, 0.15) is 0 Å². The van der Waals surface area contributed by atoms with Gasteiger partial charge in [-0.25, -0.2) is 0 Å². The van der Waals surface area contributed by atoms with Crippen molar-refractivity contribution >= 4 is 17.7 Å². The molecular weight excluding hydrogens is 196 g/mol. The maximum absolute atomic E-state index is 11.0. The minimum absolute atomic E-state index is 0.0397. The lowest BCUT2D eigenvalue weighted by Gasteiger charge is -2.01. The van der Waals surface area contributed by atoms with E-state index in [0.29, 0.717) is 12.3 Å². The fourth-order valence-corrected chi connectivity index (χ4v) is 1.71. The van der Waals surface area contributed by atoms with Gasteiger partial charge in [-0.1, -0.05) is 12.1 Å². The number of carbonyl (C=O) groups excluding carboxylic acids is 1. The molecule has 0 fully saturated rings. The van der Waals surface area contributed by atoms with Gasteiger partial charge in [-0.05, 0) is 17.7 Å². The van der Waals surface area contributed by atoms with Crippen molar-refractivity contribution in [2.24, 2.45) is 5.73 Å². The van der Waals surface area contributed by atoms with E-state index in [1.807, 2.05) is 24.3 Å². The third kappa shape index (κ3) is 3.40. The molecule has 0 radical (unpaired) electrons. The predicted octanol–water partition coefficient (Wildman–Crippen LogP) is 0.983. The lowest BCUT2D eigenvalue weighted by Crippen LogP contribution is -2.19. The maximum atomic E-state index is 11.0. The van der Waals surface area contributed by atoms with Crippen LogP contribution in [0, 0.1) is 0 Å². The lowest BCUT2D eigenvalue weighted by atomic mass is 10.2. The SMILES string of the molecule is CNC(=O)CSc1ccc(CN)cc1. The van der Waals surface area contributed by atoms with E-state index < -0.39 is 0 Å². The molecule has 0 unspecified atom stereocenters. The summed E-state index contributed by atoms with van der Waals surface area (Å²) in [7, 11) is 1.64. The minimum atomic E-state index is 0.0397. The Hall–Kier alpha value is -1.00. The zero-order valence-corrected chi connectivity index (χ0v) is 8.93. The van der Waals surface area contributed by atoms with Crippen LogP contribution in [0.5, 0.6) is 0 Å². The van der Waals surface area contributed by atoms with E-state index in [0.717, 1.165) is 10.5 Å². The van der Waals surface area contributed by atoms with E-state index >= 15 is 0 Å². The van der Waals surface area contributed by atoms with Crippen LogP contribution in [-0.2, 0) is 11.3 Å². The summed E-state index contributed by atoms with van der Waals surface area (Å²) < 4.78 is 0. The summed E-state index contributed by atoms with van der Waals surface area (Å²) in [6.45, 7) is 0.556. The molecule has 0 aliphatic carbocycles. The maximum Gasteiger partial charge on any atom is 0.230 e. The molecule has 1 aromatic carbocycles. The summed E-state index contributed by atoms with van der Waals surface area (Å²) in [5, 5.41) is 2.58. The minimum Gasteiger partial charge on any atom is -0.358 e. The smallest absolute Gasteiger partial charge is 0.230 e. The van der Waals surface area contributed by atoms with Crippen LogP contribution in [0.2, 0.25) is 0 Å². The third-order valence-corrected chi connectivity index (χ3v) is 2.82. The number of amides is 1. The number of benzene rings is 1. The first-order chi connectivity index (χ1) is 6.76. The van der Waals surface area contributed by atoms with Crippen LogP contribution < -0.4 is 11.1 Å². The van der Waals surface area contributed by atoms with Gasteiger partial charge in [0.05, 0.1) is 5.75 Å². The normalized spacial score (nSPS) is 9.86. The molecule has 0 aliphatic rings. The van der Waals surface area contributed by atoms with Crippen LogP contribution >= 0.6 is 11.8 Å². The van der Waals surface area contributed by atoms with Crippen molar-refractivity contribution in [1.82, 2.24) is 5.32 Å². The Labute approximate surface area is 88.1 Å². The Bertz CT molecular complexity index is 297. The second-order valence-electron chi connectivity index (χ2n) is 2.81. The van der Waals surface area contributed by atoms with Crippen molar-refractivity contribution in [3.63, 3.8) is 0 Å². The average Bonchev–Trinajstić information content (AvgIpc) is 2.26. The van der Waals surface area contributed by atoms with Crippen molar-refractivity contribution in [1.29, 1.82) is 0 Å². The highest BCUT2D eigenvalue weighted by Crippen LogP contribution is 2.17. The van der Waals surface area contributed by atoms with Gasteiger partial charge >= 0.3 is 0 Å². The molecule has 76 valence electrons. The van der Waals surface area contributed by atoms with E-state index in [9.17, 15) is 4.79 Å². The number of carbonyl (C=O) groups is 1. The lowest BCUT2D eigenvalue weighted by molar-refractivity contribution is -0.118. The van der Waals surface area contributed by atoms with Crippen LogP contribution in [0.3, 0.4) is 0 Å². The topological polar surface area (TPSA) is 55.1 Å². The Morgan fingerprint density at radius 1 is 1.43 bits per heavy atom. The summed E-state index contributed by atoms with van der Waals surface area (Å²) in [6, 6.07) is 7.92. The first-order valence-corrected chi connectivity index (χ1v) is 5.37. The zero-order chi connectivity index (χ0) is 10.4. The van der Waals surface area contributed by atoms with Gasteiger partial charge in [-0.15, -0.1) is 11.8 Å². The number of hydrogen-bond donors (Lipinski definition) is 2. The molecule has 1 amide bonds. The molecule has 1 aromatic rings. The van der Waals surface area contributed by atoms with Gasteiger partial charge in [0.25, 0.3) is 0 Å². The van der Waals surface area contributed by atoms with E-state index in [-0.39, 0.29) is 5.91 Å². The van der Waals surface area contributed by atoms with Crippen LogP contribution in [-0.4, -0.2) is 18.7 Å². The first-order valence-electron chi connectivity index (χ1n) is 4.38. The van der Waals surface area contributed by atoms with E-state index in [2.05, 4.69) is 5.32 Å². The third-order valence-electron chi connectivity index (χ3n) is 1.81. The molecule has 14 heavy (non-hydrogen) atoms. The number of hydrogen-bond acceptors (Lipinski definition) is 3. The van der Waals surface area contributed by atoms with Gasteiger partial charge < -0.3 is 11.1 Å². The van der Waals surface area contributed by atoms with Crippen molar-refractivity contribution < 1.29 is 4.79 Å². The Morgan fingerprint density at radius 3 is 2.57 bits per heavy atom. The number of nitrogens with one attached hydrogen (secondary N) is 1. The van der Waals surface area contributed by atoms with Gasteiger partial charge in [0.15, 0.2) is 0 Å². The highest BCUT2D eigenvalue weighted by atomic mass is 32.2. The molecule has 1 rings (SSSR count). The molecule has 0 atom stereocenters. The highest BCUT2D eigenvalue weighted by molar-refractivity contribution is 8.00. The zero-order valence-electron chi connectivity index (χ0n) is 8.12. The number of rotatable bonds is 4. The molecule has 0 saturated heterocycles. The quantitative estimate of drug-likeness (QED) is 0.728. The van der Waals surface area contributed by atoms with Gasteiger partial charge in [-0.3, -0.25) is 4.79 Å². The highest BCUT2D eigenvalue weighted by Gasteiger charge is 1.99. The average molecular weight is 210 g/mol. The molecule has 0 heterocycles. The molecule has 3 N–H and O–H groups in total. The largest absolute Gasteiger partial charge is 0.358 e. The molecule has 4 heteroatoms. The van der Waals surface area contributed by atoms with Crippen molar-refractivity contribution in [2.75, 3.05) is 12.8 Å². The molecule has 0 aromatic heterocycles. The number of thioether (sulfide) groups is 1. The Kier molecular flexibility index (Phi) is 4.49. The fraction of sp³-hybridized carbons (Fsp3) is 0.300. The van der Waals surface area contributed by atoms with Crippen molar-refractivity contribution in [2.45, 2.75) is 11.4 Å². The van der Waals surface area contributed by atoms with E-state index in [1.54, 1.807) is 7.05 Å². The molecule has 3 nitrogen and oxygen atoms in total. The Balaban J connectivity index is 2.47. The number of nitrogens with two attached hydrogens (primary N) is 1. The summed E-state index contributed by atoms with van der Waals surface area (Å²) in [6.07, 6.45) is 0. The van der Waals surface area contributed by atoms with Gasteiger partial charge in [0, 0.05) is 18.5 Å². The molecule has 0 bridgehead atoms. The summed E-state index contributed by atoms with van der Waals surface area (Å²) in [5.74, 6) is 0.497. The molecule has 0 saturated carbocycles. The summed E-state index contributed by atoms with van der Waals surface area (Å²) >= 11 is 1.52. The van der Waals surface area contributed by atoms with E-state index in [1.165, 1.54) is 11.8 Å². The van der Waals surface area contributed by atoms with Crippen LogP contribution in [0.1, 0.15) is 5.56 Å². The van der Waals surface area contributed by atoms with Crippen molar-refractivity contribution in [3.05, 3.63) is 29.8 Å². The summed E-state index contributed by atoms with van der Waals surface area (Å²) in [5.41, 5.74) is 6.58.